The summed E-state index contributed by atoms with van der Waals surface area (Å²) in [7, 11) is 0. The molecule has 0 unspecified atom stereocenters. The number of fused-ring (bicyclic) bond motifs is 1. The van der Waals surface area contributed by atoms with Crippen molar-refractivity contribution in [2.24, 2.45) is 0 Å². The number of halogens is 1. The van der Waals surface area contributed by atoms with Crippen LogP contribution in [0.15, 0.2) is 41.0 Å². The standard InChI is InChI=1S/C19H18FN3OS2/c20-14-6-4-13(5-7-14)15-10-25-18-17(15)19(22-12-21-18)26-11-16(24)23-8-2-1-3-9-23/h4-7,10,12H,1-3,8-9,11H2. The minimum atomic E-state index is -0.258. The summed E-state index contributed by atoms with van der Waals surface area (Å²) in [5.74, 6) is 0.288. The fraction of sp³-hybridized carbons (Fsp3) is 0.316. The molecule has 1 amide bonds. The second kappa shape index (κ2) is 7.72. The number of benzene rings is 1. The Kier molecular flexibility index (Phi) is 5.17. The van der Waals surface area contributed by atoms with Crippen LogP contribution in [0.25, 0.3) is 21.3 Å². The van der Waals surface area contributed by atoms with E-state index in [9.17, 15) is 9.18 Å². The van der Waals surface area contributed by atoms with Crippen LogP contribution in [-0.2, 0) is 4.79 Å². The van der Waals surface area contributed by atoms with Gasteiger partial charge in [0.15, 0.2) is 0 Å². The molecule has 1 aliphatic rings. The van der Waals surface area contributed by atoms with E-state index < -0.39 is 0 Å². The van der Waals surface area contributed by atoms with Gasteiger partial charge in [-0.25, -0.2) is 14.4 Å². The lowest BCUT2D eigenvalue weighted by Crippen LogP contribution is -2.36. The van der Waals surface area contributed by atoms with Crippen molar-refractivity contribution in [1.29, 1.82) is 0 Å². The van der Waals surface area contributed by atoms with Crippen LogP contribution in [0.3, 0.4) is 0 Å². The number of hydrogen-bond donors (Lipinski definition) is 0. The first kappa shape index (κ1) is 17.4. The monoisotopic (exact) mass is 387 g/mol. The Hall–Kier alpha value is -1.99. The number of nitrogens with zero attached hydrogens (tertiary/aromatic N) is 3. The molecule has 0 atom stereocenters. The first-order chi connectivity index (χ1) is 12.7. The van der Waals surface area contributed by atoms with E-state index in [1.54, 1.807) is 18.5 Å². The van der Waals surface area contributed by atoms with Crippen LogP contribution >= 0.6 is 23.1 Å². The SMILES string of the molecule is O=C(CSc1ncnc2scc(-c3ccc(F)cc3)c12)N1CCCCC1. The van der Waals surface area contributed by atoms with Gasteiger partial charge in [-0.1, -0.05) is 23.9 Å². The summed E-state index contributed by atoms with van der Waals surface area (Å²) in [4.78, 5) is 24.1. The summed E-state index contributed by atoms with van der Waals surface area (Å²) >= 11 is 2.99. The van der Waals surface area contributed by atoms with E-state index in [-0.39, 0.29) is 11.7 Å². The molecule has 2 aromatic heterocycles. The van der Waals surface area contributed by atoms with E-state index in [0.29, 0.717) is 5.75 Å². The summed E-state index contributed by atoms with van der Waals surface area (Å²) in [6, 6.07) is 6.43. The zero-order valence-corrected chi connectivity index (χ0v) is 15.8. The number of thiophene rings is 1. The molecule has 7 heteroatoms. The van der Waals surface area contributed by atoms with Crippen LogP contribution in [0.5, 0.6) is 0 Å². The third-order valence-electron chi connectivity index (χ3n) is 4.53. The quantitative estimate of drug-likeness (QED) is 0.485. The number of carbonyl (C=O) groups excluding carboxylic acids is 1. The van der Waals surface area contributed by atoms with E-state index in [4.69, 9.17) is 0 Å². The van der Waals surface area contributed by atoms with Gasteiger partial charge in [-0.3, -0.25) is 4.79 Å². The number of rotatable bonds is 4. The molecule has 1 aromatic carbocycles. The first-order valence-electron chi connectivity index (χ1n) is 8.61. The lowest BCUT2D eigenvalue weighted by Gasteiger charge is -2.26. The Balaban J connectivity index is 1.59. The van der Waals surface area contributed by atoms with Crippen LogP contribution in [0, 0.1) is 5.82 Å². The molecule has 0 saturated carbocycles. The molecule has 1 saturated heterocycles. The van der Waals surface area contributed by atoms with E-state index in [1.165, 1.54) is 41.7 Å². The highest BCUT2D eigenvalue weighted by atomic mass is 32.2. The molecule has 26 heavy (non-hydrogen) atoms. The molecule has 4 rings (SSSR count). The van der Waals surface area contributed by atoms with Crippen LogP contribution in [0.4, 0.5) is 4.39 Å². The molecule has 3 aromatic rings. The van der Waals surface area contributed by atoms with Gasteiger partial charge in [0.1, 0.15) is 22.0 Å². The molecule has 1 aliphatic heterocycles. The smallest absolute Gasteiger partial charge is 0.232 e. The van der Waals surface area contributed by atoms with Gasteiger partial charge >= 0.3 is 0 Å². The number of hydrogen-bond acceptors (Lipinski definition) is 5. The molecule has 0 aliphatic carbocycles. The van der Waals surface area contributed by atoms with Crippen LogP contribution in [0.2, 0.25) is 0 Å². The third-order valence-corrected chi connectivity index (χ3v) is 6.39. The van der Waals surface area contributed by atoms with Gasteiger partial charge in [0, 0.05) is 24.0 Å². The van der Waals surface area contributed by atoms with Crippen molar-refractivity contribution in [3.05, 3.63) is 41.8 Å². The number of carbonyl (C=O) groups is 1. The molecule has 3 heterocycles. The third kappa shape index (κ3) is 3.59. The Labute approximate surface area is 159 Å². The van der Waals surface area contributed by atoms with Crippen molar-refractivity contribution in [3.63, 3.8) is 0 Å². The van der Waals surface area contributed by atoms with Crippen molar-refractivity contribution in [2.45, 2.75) is 24.3 Å². The largest absolute Gasteiger partial charge is 0.342 e. The zero-order chi connectivity index (χ0) is 17.9. The molecule has 0 spiro atoms. The molecule has 0 radical (unpaired) electrons. The molecule has 0 bridgehead atoms. The summed E-state index contributed by atoms with van der Waals surface area (Å²) in [5.41, 5.74) is 1.91. The van der Waals surface area contributed by atoms with Gasteiger partial charge in [-0.2, -0.15) is 0 Å². The maximum absolute atomic E-state index is 13.2. The van der Waals surface area contributed by atoms with Crippen molar-refractivity contribution >= 4 is 39.2 Å². The molecule has 1 fully saturated rings. The second-order valence-corrected chi connectivity index (χ2v) is 8.07. The van der Waals surface area contributed by atoms with Gasteiger partial charge in [-0.05, 0) is 37.0 Å². The average molecular weight is 388 g/mol. The number of aromatic nitrogens is 2. The lowest BCUT2D eigenvalue weighted by molar-refractivity contribution is -0.129. The predicted octanol–water partition coefficient (Wildman–Crippen LogP) is 4.60. The van der Waals surface area contributed by atoms with Gasteiger partial charge in [0.05, 0.1) is 11.1 Å². The average Bonchev–Trinajstić information content (AvgIpc) is 3.12. The maximum atomic E-state index is 13.2. The molecule has 4 nitrogen and oxygen atoms in total. The van der Waals surface area contributed by atoms with Crippen molar-refractivity contribution in [3.8, 4) is 11.1 Å². The molecular formula is C19H18FN3OS2. The Morgan fingerprint density at radius 3 is 2.69 bits per heavy atom. The number of amides is 1. The molecule has 0 N–H and O–H groups in total. The Bertz CT molecular complexity index is 920. The normalized spacial score (nSPS) is 14.7. The van der Waals surface area contributed by atoms with Crippen LogP contribution in [0.1, 0.15) is 19.3 Å². The first-order valence-corrected chi connectivity index (χ1v) is 10.5. The van der Waals surface area contributed by atoms with Gasteiger partial charge < -0.3 is 4.90 Å². The van der Waals surface area contributed by atoms with Gasteiger partial charge in [0.2, 0.25) is 5.91 Å². The minimum Gasteiger partial charge on any atom is -0.342 e. The predicted molar refractivity (Wildman–Crippen MR) is 104 cm³/mol. The van der Waals surface area contributed by atoms with Crippen molar-refractivity contribution < 1.29 is 9.18 Å². The number of piperidine rings is 1. The molecular weight excluding hydrogens is 369 g/mol. The second-order valence-electron chi connectivity index (χ2n) is 6.25. The van der Waals surface area contributed by atoms with Crippen molar-refractivity contribution in [1.82, 2.24) is 14.9 Å². The Morgan fingerprint density at radius 2 is 1.92 bits per heavy atom. The van der Waals surface area contributed by atoms with E-state index in [2.05, 4.69) is 9.97 Å². The highest BCUT2D eigenvalue weighted by Crippen LogP contribution is 2.37. The van der Waals surface area contributed by atoms with Crippen molar-refractivity contribution in [2.75, 3.05) is 18.8 Å². The van der Waals surface area contributed by atoms with E-state index in [0.717, 1.165) is 52.3 Å². The number of thioether (sulfide) groups is 1. The fourth-order valence-electron chi connectivity index (χ4n) is 3.16. The number of likely N-dealkylation sites (tertiary alicyclic amines) is 1. The highest BCUT2D eigenvalue weighted by molar-refractivity contribution is 8.00. The van der Waals surface area contributed by atoms with Gasteiger partial charge in [0.25, 0.3) is 0 Å². The zero-order valence-electron chi connectivity index (χ0n) is 14.2. The van der Waals surface area contributed by atoms with E-state index in [1.807, 2.05) is 10.3 Å². The topological polar surface area (TPSA) is 46.1 Å². The lowest BCUT2D eigenvalue weighted by atomic mass is 10.1. The highest BCUT2D eigenvalue weighted by Gasteiger charge is 2.19. The summed E-state index contributed by atoms with van der Waals surface area (Å²) in [6.45, 7) is 1.72. The summed E-state index contributed by atoms with van der Waals surface area (Å²) in [5, 5.41) is 3.77. The van der Waals surface area contributed by atoms with Gasteiger partial charge in [-0.15, -0.1) is 11.3 Å². The summed E-state index contributed by atoms with van der Waals surface area (Å²) < 4.78 is 13.2. The van der Waals surface area contributed by atoms with Crippen LogP contribution in [-0.4, -0.2) is 39.6 Å². The summed E-state index contributed by atoms with van der Waals surface area (Å²) in [6.07, 6.45) is 4.93. The molecule has 134 valence electrons. The van der Waals surface area contributed by atoms with Crippen LogP contribution < -0.4 is 0 Å². The maximum Gasteiger partial charge on any atom is 0.232 e. The fourth-order valence-corrected chi connectivity index (χ4v) is 5.06. The van der Waals surface area contributed by atoms with E-state index >= 15 is 0 Å². The Morgan fingerprint density at radius 1 is 1.15 bits per heavy atom. The minimum absolute atomic E-state index is 0.167.